The van der Waals surface area contributed by atoms with Crippen LogP contribution in [-0.2, 0) is 6.42 Å². The summed E-state index contributed by atoms with van der Waals surface area (Å²) in [6.07, 6.45) is 4.83. The van der Waals surface area contributed by atoms with Crippen molar-refractivity contribution >= 4 is 0 Å². The van der Waals surface area contributed by atoms with Gasteiger partial charge in [0.1, 0.15) is 5.75 Å². The van der Waals surface area contributed by atoms with Crippen molar-refractivity contribution in [2.45, 2.75) is 52.5 Å². The highest BCUT2D eigenvalue weighted by molar-refractivity contribution is 5.28. The van der Waals surface area contributed by atoms with Gasteiger partial charge in [-0.25, -0.2) is 0 Å². The fraction of sp³-hybridized carbons (Fsp3) is 0.647. The lowest BCUT2D eigenvalue weighted by atomic mass is 9.97. The van der Waals surface area contributed by atoms with Crippen molar-refractivity contribution in [1.29, 1.82) is 0 Å². The molecule has 0 fully saturated rings. The standard InChI is InChI=1S/C17H29NO/c1-5-14(3)12-16(6-2)18-11-10-15-8-7-9-17(13-15)19-4/h7-9,13-14,16,18H,5-6,10-12H2,1-4H3. The van der Waals surface area contributed by atoms with Crippen LogP contribution in [0.15, 0.2) is 24.3 Å². The Hall–Kier alpha value is -1.02. The average molecular weight is 263 g/mol. The van der Waals surface area contributed by atoms with Crippen molar-refractivity contribution in [2.24, 2.45) is 5.92 Å². The normalized spacial score (nSPS) is 14.1. The smallest absolute Gasteiger partial charge is 0.119 e. The first-order valence-corrected chi connectivity index (χ1v) is 7.55. The maximum Gasteiger partial charge on any atom is 0.119 e. The molecule has 0 amide bonds. The van der Waals surface area contributed by atoms with Gasteiger partial charge in [0.05, 0.1) is 7.11 Å². The van der Waals surface area contributed by atoms with Gasteiger partial charge in [0.2, 0.25) is 0 Å². The lowest BCUT2D eigenvalue weighted by Crippen LogP contribution is -2.31. The van der Waals surface area contributed by atoms with Gasteiger partial charge >= 0.3 is 0 Å². The number of hydrogen-bond acceptors (Lipinski definition) is 2. The Balaban J connectivity index is 2.35. The van der Waals surface area contributed by atoms with Crippen molar-refractivity contribution in [3.8, 4) is 5.75 Å². The molecular weight excluding hydrogens is 234 g/mol. The molecule has 0 heterocycles. The second-order valence-electron chi connectivity index (χ2n) is 5.41. The molecule has 0 aliphatic heterocycles. The Labute approximate surface area is 118 Å². The van der Waals surface area contributed by atoms with Crippen LogP contribution >= 0.6 is 0 Å². The van der Waals surface area contributed by atoms with Gasteiger partial charge in [-0.05, 0) is 49.4 Å². The highest BCUT2D eigenvalue weighted by Crippen LogP contribution is 2.14. The minimum absolute atomic E-state index is 0.653. The topological polar surface area (TPSA) is 21.3 Å². The molecule has 1 aromatic rings. The average Bonchev–Trinajstić information content (AvgIpc) is 2.46. The summed E-state index contributed by atoms with van der Waals surface area (Å²) >= 11 is 0. The van der Waals surface area contributed by atoms with E-state index < -0.39 is 0 Å². The van der Waals surface area contributed by atoms with Gasteiger partial charge in [0.15, 0.2) is 0 Å². The zero-order valence-electron chi connectivity index (χ0n) is 12.9. The summed E-state index contributed by atoms with van der Waals surface area (Å²) in [5.74, 6) is 1.76. The van der Waals surface area contributed by atoms with Crippen LogP contribution in [0.3, 0.4) is 0 Å². The quantitative estimate of drug-likeness (QED) is 0.726. The summed E-state index contributed by atoms with van der Waals surface area (Å²) < 4.78 is 5.25. The Morgan fingerprint density at radius 3 is 2.63 bits per heavy atom. The van der Waals surface area contributed by atoms with Crippen LogP contribution in [0.4, 0.5) is 0 Å². The fourth-order valence-corrected chi connectivity index (χ4v) is 2.30. The van der Waals surface area contributed by atoms with Gasteiger partial charge in [-0.2, -0.15) is 0 Å². The number of ether oxygens (including phenoxy) is 1. The number of rotatable bonds is 9. The molecule has 2 heteroatoms. The number of nitrogens with one attached hydrogen (secondary N) is 1. The monoisotopic (exact) mass is 263 g/mol. The van der Waals surface area contributed by atoms with E-state index in [4.69, 9.17) is 4.74 Å². The molecule has 0 radical (unpaired) electrons. The minimum Gasteiger partial charge on any atom is -0.497 e. The van der Waals surface area contributed by atoms with Crippen LogP contribution < -0.4 is 10.1 Å². The van der Waals surface area contributed by atoms with Crippen molar-refractivity contribution in [1.82, 2.24) is 5.32 Å². The summed E-state index contributed by atoms with van der Waals surface area (Å²) in [5.41, 5.74) is 1.34. The fourth-order valence-electron chi connectivity index (χ4n) is 2.30. The highest BCUT2D eigenvalue weighted by atomic mass is 16.5. The van der Waals surface area contributed by atoms with Gasteiger partial charge in [0.25, 0.3) is 0 Å². The predicted molar refractivity (Wildman–Crippen MR) is 82.9 cm³/mol. The largest absolute Gasteiger partial charge is 0.497 e. The number of methoxy groups -OCH3 is 1. The number of hydrogen-bond donors (Lipinski definition) is 1. The molecule has 0 spiro atoms. The molecule has 0 aromatic heterocycles. The van der Waals surface area contributed by atoms with Crippen molar-refractivity contribution in [2.75, 3.05) is 13.7 Å². The van der Waals surface area contributed by atoms with E-state index in [2.05, 4.69) is 44.3 Å². The summed E-state index contributed by atoms with van der Waals surface area (Å²) in [7, 11) is 1.72. The van der Waals surface area contributed by atoms with Gasteiger partial charge in [-0.1, -0.05) is 39.3 Å². The van der Waals surface area contributed by atoms with E-state index in [9.17, 15) is 0 Å². The van der Waals surface area contributed by atoms with Crippen LogP contribution in [0.2, 0.25) is 0 Å². The lowest BCUT2D eigenvalue weighted by molar-refractivity contribution is 0.386. The molecule has 1 N–H and O–H groups in total. The van der Waals surface area contributed by atoms with Crippen LogP contribution in [0.5, 0.6) is 5.75 Å². The van der Waals surface area contributed by atoms with E-state index in [1.54, 1.807) is 7.11 Å². The molecule has 1 aromatic carbocycles. The van der Waals surface area contributed by atoms with E-state index in [1.807, 2.05) is 6.07 Å². The summed E-state index contributed by atoms with van der Waals surface area (Å²) in [6, 6.07) is 9.00. The number of benzene rings is 1. The SMILES string of the molecule is CCC(C)CC(CC)NCCc1cccc(OC)c1. The predicted octanol–water partition coefficient (Wildman–Crippen LogP) is 4.04. The molecule has 19 heavy (non-hydrogen) atoms. The first kappa shape index (κ1) is 16.0. The maximum atomic E-state index is 5.25. The van der Waals surface area contributed by atoms with Gasteiger partial charge in [0, 0.05) is 6.04 Å². The molecular formula is C17H29NO. The molecule has 2 unspecified atom stereocenters. The molecule has 0 saturated heterocycles. The van der Waals surface area contributed by atoms with Crippen molar-refractivity contribution < 1.29 is 4.74 Å². The third-order valence-corrected chi connectivity index (χ3v) is 3.86. The molecule has 0 saturated carbocycles. The molecule has 2 atom stereocenters. The van der Waals surface area contributed by atoms with Gasteiger partial charge < -0.3 is 10.1 Å². The Morgan fingerprint density at radius 2 is 2.00 bits per heavy atom. The zero-order valence-corrected chi connectivity index (χ0v) is 12.9. The Bertz CT molecular complexity index is 351. The van der Waals surface area contributed by atoms with E-state index in [-0.39, 0.29) is 0 Å². The van der Waals surface area contributed by atoms with Gasteiger partial charge in [-0.15, -0.1) is 0 Å². The van der Waals surface area contributed by atoms with Gasteiger partial charge in [-0.3, -0.25) is 0 Å². The third kappa shape index (κ3) is 6.11. The van der Waals surface area contributed by atoms with E-state index in [0.717, 1.165) is 24.6 Å². The maximum absolute atomic E-state index is 5.25. The van der Waals surface area contributed by atoms with E-state index in [0.29, 0.717) is 6.04 Å². The third-order valence-electron chi connectivity index (χ3n) is 3.86. The summed E-state index contributed by atoms with van der Waals surface area (Å²) in [6.45, 7) is 7.92. The van der Waals surface area contributed by atoms with Crippen LogP contribution in [0.25, 0.3) is 0 Å². The summed E-state index contributed by atoms with van der Waals surface area (Å²) in [5, 5.41) is 3.68. The van der Waals surface area contributed by atoms with Crippen molar-refractivity contribution in [3.05, 3.63) is 29.8 Å². The molecule has 108 valence electrons. The molecule has 2 nitrogen and oxygen atoms in total. The van der Waals surface area contributed by atoms with Crippen LogP contribution in [0, 0.1) is 5.92 Å². The summed E-state index contributed by atoms with van der Waals surface area (Å²) in [4.78, 5) is 0. The first-order chi connectivity index (χ1) is 9.19. The Morgan fingerprint density at radius 1 is 1.21 bits per heavy atom. The second-order valence-corrected chi connectivity index (χ2v) is 5.41. The molecule has 0 bridgehead atoms. The zero-order chi connectivity index (χ0) is 14.1. The second kappa shape index (κ2) is 8.98. The van der Waals surface area contributed by atoms with Crippen LogP contribution in [-0.4, -0.2) is 19.7 Å². The first-order valence-electron chi connectivity index (χ1n) is 7.55. The van der Waals surface area contributed by atoms with E-state index in [1.165, 1.54) is 24.8 Å². The Kier molecular flexibility index (Phi) is 7.57. The molecule has 1 rings (SSSR count). The highest BCUT2D eigenvalue weighted by Gasteiger charge is 2.09. The molecule has 0 aliphatic carbocycles. The minimum atomic E-state index is 0.653. The molecule has 0 aliphatic rings. The van der Waals surface area contributed by atoms with Crippen LogP contribution in [0.1, 0.15) is 45.6 Å². The lowest BCUT2D eigenvalue weighted by Gasteiger charge is -2.20. The van der Waals surface area contributed by atoms with Crippen molar-refractivity contribution in [3.63, 3.8) is 0 Å². The van der Waals surface area contributed by atoms with E-state index >= 15 is 0 Å².